The Kier molecular flexibility index (Phi) is 3.62. The third-order valence-electron chi connectivity index (χ3n) is 2.88. The van der Waals surface area contributed by atoms with Crippen LogP contribution in [0.25, 0.3) is 17.1 Å². The normalized spacial score (nSPS) is 10.8. The molecule has 0 aliphatic heterocycles. The number of benzene rings is 2. The van der Waals surface area contributed by atoms with Crippen LogP contribution in [0.5, 0.6) is 0 Å². The number of aromatic nitrogens is 4. The van der Waals surface area contributed by atoms with Crippen molar-refractivity contribution < 1.29 is 8.78 Å². The first-order valence-electron chi connectivity index (χ1n) is 6.08. The van der Waals surface area contributed by atoms with Gasteiger partial charge in [0.15, 0.2) is 17.3 Å². The number of tetrazole rings is 1. The molecule has 106 valence electrons. The lowest BCUT2D eigenvalue weighted by molar-refractivity contribution is 0.539. The molecule has 7 heteroatoms. The average Bonchev–Trinajstić information content (AvgIpc) is 2.97. The van der Waals surface area contributed by atoms with Crippen LogP contribution in [0.3, 0.4) is 0 Å². The van der Waals surface area contributed by atoms with E-state index in [1.54, 1.807) is 12.1 Å². The molecule has 0 saturated heterocycles. The Morgan fingerprint density at radius 2 is 1.71 bits per heavy atom. The van der Waals surface area contributed by atoms with Crippen molar-refractivity contribution in [3.63, 3.8) is 0 Å². The second-order valence-electron chi connectivity index (χ2n) is 4.31. The van der Waals surface area contributed by atoms with Crippen molar-refractivity contribution in [2.24, 2.45) is 0 Å². The van der Waals surface area contributed by atoms with Crippen LogP contribution < -0.4 is 0 Å². The van der Waals surface area contributed by atoms with Crippen LogP contribution >= 0.6 is 11.6 Å². The summed E-state index contributed by atoms with van der Waals surface area (Å²) in [7, 11) is 0. The highest BCUT2D eigenvalue weighted by molar-refractivity contribution is 6.17. The van der Waals surface area contributed by atoms with E-state index in [1.165, 1.54) is 0 Å². The van der Waals surface area contributed by atoms with E-state index >= 15 is 0 Å². The lowest BCUT2D eigenvalue weighted by Gasteiger charge is -2.04. The molecule has 0 aliphatic rings. The molecule has 21 heavy (non-hydrogen) atoms. The summed E-state index contributed by atoms with van der Waals surface area (Å²) in [5.41, 5.74) is 0.680. The van der Waals surface area contributed by atoms with Gasteiger partial charge in [-0.1, -0.05) is 30.3 Å². The third kappa shape index (κ3) is 2.62. The van der Waals surface area contributed by atoms with E-state index in [0.717, 1.165) is 16.9 Å². The van der Waals surface area contributed by atoms with Gasteiger partial charge in [-0.05, 0) is 22.9 Å². The van der Waals surface area contributed by atoms with Crippen LogP contribution in [0.4, 0.5) is 8.78 Å². The minimum atomic E-state index is -0.789. The predicted molar refractivity (Wildman–Crippen MR) is 74.1 cm³/mol. The molecule has 0 amide bonds. The van der Waals surface area contributed by atoms with Gasteiger partial charge in [0.2, 0.25) is 5.82 Å². The molecule has 0 spiro atoms. The van der Waals surface area contributed by atoms with Gasteiger partial charge in [-0.25, -0.2) is 8.78 Å². The van der Waals surface area contributed by atoms with Crippen LogP contribution in [0.1, 0.15) is 5.56 Å². The fourth-order valence-corrected chi connectivity index (χ4v) is 2.05. The van der Waals surface area contributed by atoms with Crippen molar-refractivity contribution in [2.75, 3.05) is 0 Å². The number of halogens is 3. The highest BCUT2D eigenvalue weighted by Crippen LogP contribution is 2.20. The lowest BCUT2D eigenvalue weighted by Crippen LogP contribution is -2.06. The maximum atomic E-state index is 14.0. The Balaban J connectivity index is 2.05. The van der Waals surface area contributed by atoms with Crippen molar-refractivity contribution in [3.8, 4) is 17.1 Å². The van der Waals surface area contributed by atoms with Gasteiger partial charge in [0.25, 0.3) is 0 Å². The van der Waals surface area contributed by atoms with Crippen molar-refractivity contribution in [3.05, 3.63) is 59.7 Å². The first-order valence-corrected chi connectivity index (χ1v) is 6.62. The van der Waals surface area contributed by atoms with Crippen molar-refractivity contribution in [1.29, 1.82) is 0 Å². The van der Waals surface area contributed by atoms with Gasteiger partial charge < -0.3 is 0 Å². The van der Waals surface area contributed by atoms with Crippen LogP contribution in [-0.2, 0) is 5.88 Å². The summed E-state index contributed by atoms with van der Waals surface area (Å²) >= 11 is 5.57. The highest BCUT2D eigenvalue weighted by Gasteiger charge is 2.16. The summed E-state index contributed by atoms with van der Waals surface area (Å²) in [5, 5.41) is 11.5. The van der Waals surface area contributed by atoms with Crippen LogP contribution in [0, 0.1) is 11.6 Å². The van der Waals surface area contributed by atoms with Gasteiger partial charge >= 0.3 is 0 Å². The molecular weight excluding hydrogens is 298 g/mol. The number of hydrogen-bond acceptors (Lipinski definition) is 3. The van der Waals surface area contributed by atoms with Crippen LogP contribution in [0.15, 0.2) is 42.5 Å². The molecule has 0 aliphatic carbocycles. The summed E-state index contributed by atoms with van der Waals surface area (Å²) in [6.07, 6.45) is 0. The monoisotopic (exact) mass is 306 g/mol. The third-order valence-corrected chi connectivity index (χ3v) is 3.19. The van der Waals surface area contributed by atoms with E-state index in [-0.39, 0.29) is 17.4 Å². The van der Waals surface area contributed by atoms with E-state index < -0.39 is 11.6 Å². The summed E-state index contributed by atoms with van der Waals surface area (Å²) in [4.78, 5) is 0.838. The average molecular weight is 307 g/mol. The van der Waals surface area contributed by atoms with Gasteiger partial charge in [-0.3, -0.25) is 0 Å². The summed E-state index contributed by atoms with van der Waals surface area (Å²) in [5.74, 6) is -1.27. The first-order chi connectivity index (χ1) is 10.2. The highest BCUT2D eigenvalue weighted by atomic mass is 35.5. The Morgan fingerprint density at radius 1 is 1.05 bits per heavy atom. The lowest BCUT2D eigenvalue weighted by atomic mass is 10.2. The van der Waals surface area contributed by atoms with Crippen molar-refractivity contribution >= 4 is 11.6 Å². The standard InChI is InChI=1S/C14H9ClF2N4/c15-8-9-6-11(16)13(12(17)7-9)21-19-14(18-20-21)10-4-2-1-3-5-10/h1-7H,8H2. The number of nitrogens with zero attached hydrogens (tertiary/aromatic N) is 4. The molecule has 0 atom stereocenters. The zero-order valence-electron chi connectivity index (χ0n) is 10.7. The smallest absolute Gasteiger partial charge is 0.204 e. The fourth-order valence-electron chi connectivity index (χ4n) is 1.90. The van der Waals surface area contributed by atoms with Crippen LogP contribution in [0.2, 0.25) is 0 Å². The summed E-state index contributed by atoms with van der Waals surface area (Å²) < 4.78 is 27.9. The SMILES string of the molecule is Fc1cc(CCl)cc(F)c1-n1nnc(-c2ccccc2)n1. The molecule has 0 N–H and O–H groups in total. The summed E-state index contributed by atoms with van der Waals surface area (Å²) in [6, 6.07) is 11.3. The molecule has 4 nitrogen and oxygen atoms in total. The number of rotatable bonds is 3. The first kappa shape index (κ1) is 13.6. The molecular formula is C14H9ClF2N4. The fraction of sp³-hybridized carbons (Fsp3) is 0.0714. The predicted octanol–water partition coefficient (Wildman–Crippen LogP) is 3.35. The molecule has 0 radical (unpaired) electrons. The zero-order chi connectivity index (χ0) is 14.8. The maximum absolute atomic E-state index is 14.0. The molecule has 1 aromatic heterocycles. The molecule has 2 aromatic carbocycles. The van der Waals surface area contributed by atoms with Gasteiger partial charge in [0.1, 0.15) is 0 Å². The molecule has 1 heterocycles. The van der Waals surface area contributed by atoms with E-state index in [0.29, 0.717) is 11.1 Å². The zero-order valence-corrected chi connectivity index (χ0v) is 11.4. The topological polar surface area (TPSA) is 43.6 Å². The van der Waals surface area contributed by atoms with Gasteiger partial charge in [-0.2, -0.15) is 0 Å². The van der Waals surface area contributed by atoms with Crippen LogP contribution in [-0.4, -0.2) is 20.2 Å². The van der Waals surface area contributed by atoms with E-state index in [2.05, 4.69) is 15.4 Å². The molecule has 0 saturated carbocycles. The van der Waals surface area contributed by atoms with Gasteiger partial charge in [0.05, 0.1) is 0 Å². The Morgan fingerprint density at radius 3 is 2.33 bits per heavy atom. The molecule has 3 aromatic rings. The largest absolute Gasteiger partial charge is 0.205 e. The minimum absolute atomic E-state index is 0.0220. The second-order valence-corrected chi connectivity index (χ2v) is 4.58. The Hall–Kier alpha value is -2.34. The second kappa shape index (κ2) is 5.57. The molecule has 0 bridgehead atoms. The molecule has 0 fully saturated rings. The Bertz CT molecular complexity index is 751. The van der Waals surface area contributed by atoms with E-state index in [9.17, 15) is 8.78 Å². The number of alkyl halides is 1. The van der Waals surface area contributed by atoms with E-state index in [4.69, 9.17) is 11.6 Å². The Labute approximate surface area is 124 Å². The maximum Gasteiger partial charge on any atom is 0.205 e. The quantitative estimate of drug-likeness (QED) is 0.697. The molecule has 0 unspecified atom stereocenters. The van der Waals surface area contributed by atoms with Gasteiger partial charge in [0, 0.05) is 11.4 Å². The summed E-state index contributed by atoms with van der Waals surface area (Å²) in [6.45, 7) is 0. The molecule has 3 rings (SSSR count). The van der Waals surface area contributed by atoms with Crippen molar-refractivity contribution in [2.45, 2.75) is 5.88 Å². The van der Waals surface area contributed by atoms with Gasteiger partial charge in [-0.15, -0.1) is 26.6 Å². The van der Waals surface area contributed by atoms with Crippen molar-refractivity contribution in [1.82, 2.24) is 20.2 Å². The minimum Gasteiger partial charge on any atom is -0.204 e. The number of hydrogen-bond donors (Lipinski definition) is 0. The van der Waals surface area contributed by atoms with E-state index in [1.807, 2.05) is 18.2 Å².